The van der Waals surface area contributed by atoms with E-state index < -0.39 is 9.84 Å². The van der Waals surface area contributed by atoms with E-state index in [0.29, 0.717) is 5.75 Å². The summed E-state index contributed by atoms with van der Waals surface area (Å²) < 4.78 is 31.2. The van der Waals surface area contributed by atoms with E-state index in [1.54, 1.807) is 29.8 Å². The Morgan fingerprint density at radius 1 is 1.04 bits per heavy atom. The van der Waals surface area contributed by atoms with Crippen LogP contribution in [0.15, 0.2) is 36.4 Å². The number of benzene rings is 1. The van der Waals surface area contributed by atoms with Crippen LogP contribution < -0.4 is 4.74 Å². The maximum atomic E-state index is 12.3. The second-order valence-corrected chi connectivity index (χ2v) is 10.6. The maximum absolute atomic E-state index is 12.3. The van der Waals surface area contributed by atoms with Crippen molar-refractivity contribution in [2.45, 2.75) is 24.5 Å². The summed E-state index contributed by atoms with van der Waals surface area (Å²) in [5.41, 5.74) is 0. The highest BCUT2D eigenvalue weighted by molar-refractivity contribution is 7.91. The summed E-state index contributed by atoms with van der Waals surface area (Å²) in [6.45, 7) is 0. The topological polar surface area (TPSA) is 43.4 Å². The zero-order valence-electron chi connectivity index (χ0n) is 13.3. The average Bonchev–Trinajstić information content (AvgIpc) is 3.20. The van der Waals surface area contributed by atoms with Crippen molar-refractivity contribution in [1.82, 2.24) is 0 Å². The van der Waals surface area contributed by atoms with Crippen molar-refractivity contribution >= 4 is 42.6 Å². The van der Waals surface area contributed by atoms with Gasteiger partial charge in [-0.1, -0.05) is 6.42 Å². The summed E-state index contributed by atoms with van der Waals surface area (Å²) in [5, 5.41) is 0.856. The highest BCUT2D eigenvalue weighted by Gasteiger charge is 2.31. The molecule has 0 saturated carbocycles. The molecule has 0 amide bonds. The van der Waals surface area contributed by atoms with Crippen LogP contribution in [0.4, 0.5) is 0 Å². The standard InChI is InChI=1S/C18H18O3S3/c1-21-13-5-6-14-12(10-13)11-17(22-14)15-7-8-16(23-15)18-4-2-3-9-24(18,19)20/h5-8,10-11,18H,2-4,9H2,1H3. The van der Waals surface area contributed by atoms with Crippen LogP contribution in [0.3, 0.4) is 0 Å². The second kappa shape index (κ2) is 6.17. The Hall–Kier alpha value is -1.37. The van der Waals surface area contributed by atoms with E-state index in [0.717, 1.165) is 40.2 Å². The lowest BCUT2D eigenvalue weighted by Gasteiger charge is -2.20. The Morgan fingerprint density at radius 2 is 1.92 bits per heavy atom. The smallest absolute Gasteiger partial charge is 0.158 e. The van der Waals surface area contributed by atoms with E-state index in [1.807, 2.05) is 18.2 Å². The minimum atomic E-state index is -2.98. The van der Waals surface area contributed by atoms with Crippen LogP contribution in [0.25, 0.3) is 19.8 Å². The first-order valence-electron chi connectivity index (χ1n) is 7.96. The number of methoxy groups -OCH3 is 1. The van der Waals surface area contributed by atoms with E-state index in [2.05, 4.69) is 18.2 Å². The minimum absolute atomic E-state index is 0.306. The van der Waals surface area contributed by atoms with E-state index >= 15 is 0 Å². The molecule has 1 fully saturated rings. The number of fused-ring (bicyclic) bond motifs is 1. The number of hydrogen-bond donors (Lipinski definition) is 0. The van der Waals surface area contributed by atoms with Crippen molar-refractivity contribution in [2.75, 3.05) is 12.9 Å². The zero-order valence-corrected chi connectivity index (χ0v) is 15.8. The van der Waals surface area contributed by atoms with Crippen molar-refractivity contribution < 1.29 is 13.2 Å². The lowest BCUT2D eigenvalue weighted by molar-refractivity contribution is 0.415. The van der Waals surface area contributed by atoms with Crippen LogP contribution in [-0.4, -0.2) is 21.3 Å². The van der Waals surface area contributed by atoms with E-state index in [9.17, 15) is 8.42 Å². The summed E-state index contributed by atoms with van der Waals surface area (Å²) >= 11 is 3.35. The van der Waals surface area contributed by atoms with E-state index in [1.165, 1.54) is 9.58 Å². The number of ether oxygens (including phenoxy) is 1. The quantitative estimate of drug-likeness (QED) is 0.623. The molecule has 126 valence electrons. The van der Waals surface area contributed by atoms with Gasteiger partial charge in [-0.2, -0.15) is 0 Å². The van der Waals surface area contributed by atoms with E-state index in [4.69, 9.17) is 4.74 Å². The van der Waals surface area contributed by atoms with Crippen molar-refractivity contribution in [3.63, 3.8) is 0 Å². The summed E-state index contributed by atoms with van der Waals surface area (Å²) in [5.74, 6) is 1.18. The first-order chi connectivity index (χ1) is 11.6. The van der Waals surface area contributed by atoms with E-state index in [-0.39, 0.29) is 5.25 Å². The normalized spacial score (nSPS) is 20.3. The summed E-state index contributed by atoms with van der Waals surface area (Å²) in [7, 11) is -1.31. The fourth-order valence-electron chi connectivity index (χ4n) is 3.20. The van der Waals surface area contributed by atoms with Gasteiger partial charge in [0.1, 0.15) is 5.75 Å². The van der Waals surface area contributed by atoms with Crippen LogP contribution in [0.1, 0.15) is 29.4 Å². The molecule has 0 spiro atoms. The predicted molar refractivity (Wildman–Crippen MR) is 102 cm³/mol. The van der Waals surface area contributed by atoms with Crippen LogP contribution in [0.2, 0.25) is 0 Å². The Balaban J connectivity index is 1.69. The molecule has 0 N–H and O–H groups in total. The third-order valence-corrected chi connectivity index (χ3v) is 9.36. The first kappa shape index (κ1) is 16.1. The van der Waals surface area contributed by atoms with Gasteiger partial charge in [0.25, 0.3) is 0 Å². The maximum Gasteiger partial charge on any atom is 0.158 e. The number of hydrogen-bond acceptors (Lipinski definition) is 5. The molecule has 1 unspecified atom stereocenters. The molecule has 0 aliphatic carbocycles. The fraction of sp³-hybridized carbons (Fsp3) is 0.333. The molecule has 24 heavy (non-hydrogen) atoms. The van der Waals surface area contributed by atoms with Gasteiger partial charge in [-0.3, -0.25) is 0 Å². The van der Waals surface area contributed by atoms with Gasteiger partial charge in [0.15, 0.2) is 9.84 Å². The molecule has 3 heterocycles. The third kappa shape index (κ3) is 2.87. The lowest BCUT2D eigenvalue weighted by atomic mass is 10.1. The molecule has 1 atom stereocenters. The van der Waals surface area contributed by atoms with Crippen LogP contribution in [-0.2, 0) is 9.84 Å². The summed E-state index contributed by atoms with van der Waals surface area (Å²) in [6, 6.07) is 12.3. The molecule has 2 aromatic heterocycles. The van der Waals surface area contributed by atoms with Crippen molar-refractivity contribution in [1.29, 1.82) is 0 Å². The SMILES string of the molecule is COc1ccc2sc(-c3ccc(C4CCCCS4(=O)=O)s3)cc2c1. The first-order valence-corrected chi connectivity index (χ1v) is 11.3. The Morgan fingerprint density at radius 3 is 2.71 bits per heavy atom. The second-order valence-electron chi connectivity index (χ2n) is 6.07. The zero-order chi connectivity index (χ0) is 16.7. The van der Waals surface area contributed by atoms with Gasteiger partial charge < -0.3 is 4.74 Å². The van der Waals surface area contributed by atoms with Gasteiger partial charge in [-0.15, -0.1) is 22.7 Å². The van der Waals surface area contributed by atoms with Gasteiger partial charge >= 0.3 is 0 Å². The van der Waals surface area contributed by atoms with Gasteiger partial charge in [-0.05, 0) is 54.6 Å². The average molecular weight is 379 g/mol. The number of thiophene rings is 2. The van der Waals surface area contributed by atoms with Gasteiger partial charge in [0, 0.05) is 19.3 Å². The molecule has 1 aliphatic heterocycles. The molecule has 3 aromatic rings. The van der Waals surface area contributed by atoms with Crippen molar-refractivity contribution in [3.05, 3.63) is 41.3 Å². The summed E-state index contributed by atoms with van der Waals surface area (Å²) in [4.78, 5) is 3.31. The molecule has 0 bridgehead atoms. The Bertz CT molecular complexity index is 982. The largest absolute Gasteiger partial charge is 0.497 e. The molecule has 0 radical (unpaired) electrons. The lowest BCUT2D eigenvalue weighted by Crippen LogP contribution is -2.20. The van der Waals surface area contributed by atoms with Crippen LogP contribution in [0.5, 0.6) is 5.75 Å². The van der Waals surface area contributed by atoms with Crippen molar-refractivity contribution in [2.24, 2.45) is 0 Å². The minimum Gasteiger partial charge on any atom is -0.497 e. The van der Waals surface area contributed by atoms with Gasteiger partial charge in [-0.25, -0.2) is 8.42 Å². The molecule has 4 rings (SSSR count). The molecular weight excluding hydrogens is 360 g/mol. The Labute approximate surface area is 149 Å². The highest BCUT2D eigenvalue weighted by atomic mass is 32.2. The third-order valence-electron chi connectivity index (χ3n) is 4.49. The molecular formula is C18H18O3S3. The highest BCUT2D eigenvalue weighted by Crippen LogP contribution is 2.43. The number of sulfone groups is 1. The van der Waals surface area contributed by atoms with Gasteiger partial charge in [0.2, 0.25) is 0 Å². The predicted octanol–water partition coefficient (Wildman–Crippen LogP) is 5.28. The fourth-order valence-corrected chi connectivity index (χ4v) is 7.78. The molecule has 3 nitrogen and oxygen atoms in total. The molecule has 1 aromatic carbocycles. The number of rotatable bonds is 3. The summed E-state index contributed by atoms with van der Waals surface area (Å²) in [6.07, 6.45) is 2.56. The van der Waals surface area contributed by atoms with Crippen LogP contribution in [0, 0.1) is 0 Å². The Kier molecular flexibility index (Phi) is 4.14. The van der Waals surface area contributed by atoms with Crippen molar-refractivity contribution in [3.8, 4) is 15.5 Å². The van der Waals surface area contributed by atoms with Gasteiger partial charge in [0.05, 0.1) is 18.1 Å². The van der Waals surface area contributed by atoms with Crippen LogP contribution >= 0.6 is 22.7 Å². The molecule has 1 saturated heterocycles. The molecule has 6 heteroatoms. The monoisotopic (exact) mass is 378 g/mol. The molecule has 1 aliphatic rings.